The van der Waals surface area contributed by atoms with E-state index in [0.717, 1.165) is 0 Å². The van der Waals surface area contributed by atoms with E-state index in [1.54, 1.807) is 0 Å². The van der Waals surface area contributed by atoms with Crippen LogP contribution in [0.4, 0.5) is 0 Å². The number of hydrogen-bond donors (Lipinski definition) is 1. The van der Waals surface area contributed by atoms with Crippen LogP contribution in [0.2, 0.25) is 0 Å². The third kappa shape index (κ3) is 6.58. The number of ether oxygens (including phenoxy) is 1. The van der Waals surface area contributed by atoms with Crippen LogP contribution in [-0.2, 0) is 9.53 Å². The SMILES string of the molecule is CC(C)COC(=O)C(C)NC(C)C. The molecule has 0 heterocycles. The van der Waals surface area contributed by atoms with E-state index in [9.17, 15) is 4.79 Å². The first-order valence-corrected chi connectivity index (χ1v) is 4.86. The van der Waals surface area contributed by atoms with Crippen LogP contribution in [0.25, 0.3) is 0 Å². The lowest BCUT2D eigenvalue weighted by atomic mass is 10.2. The van der Waals surface area contributed by atoms with Gasteiger partial charge < -0.3 is 10.1 Å². The van der Waals surface area contributed by atoms with Crippen molar-refractivity contribution in [2.24, 2.45) is 5.92 Å². The Bertz CT molecular complexity index is 155. The Morgan fingerprint density at radius 3 is 2.15 bits per heavy atom. The molecular formula is C10H21NO2. The van der Waals surface area contributed by atoms with Gasteiger partial charge in [-0.15, -0.1) is 0 Å². The molecule has 13 heavy (non-hydrogen) atoms. The van der Waals surface area contributed by atoms with Crippen molar-refractivity contribution in [3.05, 3.63) is 0 Å². The van der Waals surface area contributed by atoms with Gasteiger partial charge >= 0.3 is 5.97 Å². The minimum absolute atomic E-state index is 0.164. The second-order valence-electron chi connectivity index (χ2n) is 4.07. The predicted molar refractivity (Wildman–Crippen MR) is 53.5 cm³/mol. The van der Waals surface area contributed by atoms with Gasteiger partial charge in [0.05, 0.1) is 6.61 Å². The highest BCUT2D eigenvalue weighted by Crippen LogP contribution is 1.96. The molecule has 1 N–H and O–H groups in total. The van der Waals surface area contributed by atoms with Gasteiger partial charge in [-0.3, -0.25) is 4.79 Å². The van der Waals surface area contributed by atoms with Crippen molar-refractivity contribution in [2.75, 3.05) is 6.61 Å². The molecule has 1 unspecified atom stereocenters. The van der Waals surface area contributed by atoms with Gasteiger partial charge in [0.15, 0.2) is 0 Å². The van der Waals surface area contributed by atoms with Crippen molar-refractivity contribution in [2.45, 2.75) is 46.7 Å². The van der Waals surface area contributed by atoms with E-state index in [-0.39, 0.29) is 12.0 Å². The van der Waals surface area contributed by atoms with Gasteiger partial charge in [-0.05, 0) is 12.8 Å². The summed E-state index contributed by atoms with van der Waals surface area (Å²) in [6.07, 6.45) is 0. The van der Waals surface area contributed by atoms with E-state index in [2.05, 4.69) is 5.32 Å². The summed E-state index contributed by atoms with van der Waals surface area (Å²) in [6.45, 7) is 10.4. The average molecular weight is 187 g/mol. The standard InChI is InChI=1S/C10H21NO2/c1-7(2)6-13-10(12)9(5)11-8(3)4/h7-9,11H,6H2,1-5H3. The third-order valence-electron chi connectivity index (χ3n) is 1.50. The molecule has 0 aromatic rings. The maximum Gasteiger partial charge on any atom is 0.322 e. The lowest BCUT2D eigenvalue weighted by Gasteiger charge is -2.16. The van der Waals surface area contributed by atoms with Gasteiger partial charge in [-0.2, -0.15) is 0 Å². The van der Waals surface area contributed by atoms with E-state index in [1.165, 1.54) is 0 Å². The molecular weight excluding hydrogens is 166 g/mol. The topological polar surface area (TPSA) is 38.3 Å². The van der Waals surface area contributed by atoms with Crippen molar-refractivity contribution in [1.29, 1.82) is 0 Å². The van der Waals surface area contributed by atoms with Crippen LogP contribution < -0.4 is 5.32 Å². The molecule has 3 nitrogen and oxygen atoms in total. The molecule has 0 spiro atoms. The molecule has 0 amide bonds. The average Bonchev–Trinajstić information content (AvgIpc) is 1.98. The van der Waals surface area contributed by atoms with Gasteiger partial charge in [-0.25, -0.2) is 0 Å². The van der Waals surface area contributed by atoms with Gasteiger partial charge in [0.1, 0.15) is 6.04 Å². The van der Waals surface area contributed by atoms with Crippen LogP contribution in [-0.4, -0.2) is 24.7 Å². The monoisotopic (exact) mass is 187 g/mol. The van der Waals surface area contributed by atoms with E-state index < -0.39 is 0 Å². The van der Waals surface area contributed by atoms with Crippen LogP contribution in [0.3, 0.4) is 0 Å². The van der Waals surface area contributed by atoms with E-state index in [4.69, 9.17) is 4.74 Å². The molecule has 0 aromatic carbocycles. The third-order valence-corrected chi connectivity index (χ3v) is 1.50. The number of carbonyl (C=O) groups is 1. The highest BCUT2D eigenvalue weighted by atomic mass is 16.5. The van der Waals surface area contributed by atoms with E-state index in [0.29, 0.717) is 18.6 Å². The van der Waals surface area contributed by atoms with Crippen molar-refractivity contribution < 1.29 is 9.53 Å². The fourth-order valence-corrected chi connectivity index (χ4v) is 0.942. The quantitative estimate of drug-likeness (QED) is 0.664. The van der Waals surface area contributed by atoms with E-state index in [1.807, 2.05) is 34.6 Å². The smallest absolute Gasteiger partial charge is 0.322 e. The molecule has 0 radical (unpaired) electrons. The molecule has 0 aliphatic rings. The largest absolute Gasteiger partial charge is 0.464 e. The fourth-order valence-electron chi connectivity index (χ4n) is 0.942. The summed E-state index contributed by atoms with van der Waals surface area (Å²) in [5, 5.41) is 3.09. The zero-order chi connectivity index (χ0) is 10.4. The molecule has 78 valence electrons. The van der Waals surface area contributed by atoms with Crippen molar-refractivity contribution in [1.82, 2.24) is 5.32 Å². The fraction of sp³-hybridized carbons (Fsp3) is 0.900. The normalized spacial score (nSPS) is 13.5. The van der Waals surface area contributed by atoms with Crippen molar-refractivity contribution in [3.8, 4) is 0 Å². The highest BCUT2D eigenvalue weighted by molar-refractivity contribution is 5.75. The maximum atomic E-state index is 11.3. The first-order chi connectivity index (χ1) is 5.93. The molecule has 0 rings (SSSR count). The minimum atomic E-state index is -0.209. The minimum Gasteiger partial charge on any atom is -0.464 e. The zero-order valence-electron chi connectivity index (χ0n) is 9.26. The van der Waals surface area contributed by atoms with Gasteiger partial charge in [0.2, 0.25) is 0 Å². The Hall–Kier alpha value is -0.570. The van der Waals surface area contributed by atoms with Crippen LogP contribution >= 0.6 is 0 Å². The predicted octanol–water partition coefficient (Wildman–Crippen LogP) is 1.57. The zero-order valence-corrected chi connectivity index (χ0v) is 9.26. The maximum absolute atomic E-state index is 11.3. The molecule has 0 aromatic heterocycles. The number of nitrogens with one attached hydrogen (secondary N) is 1. The summed E-state index contributed by atoms with van der Waals surface area (Å²) in [4.78, 5) is 11.3. The summed E-state index contributed by atoms with van der Waals surface area (Å²) in [7, 11) is 0. The van der Waals surface area contributed by atoms with Gasteiger partial charge in [0, 0.05) is 6.04 Å². The first-order valence-electron chi connectivity index (χ1n) is 4.86. The summed E-state index contributed by atoms with van der Waals surface area (Å²) in [5.74, 6) is 0.234. The Morgan fingerprint density at radius 1 is 1.23 bits per heavy atom. The molecule has 3 heteroatoms. The van der Waals surface area contributed by atoms with E-state index >= 15 is 0 Å². The Balaban J connectivity index is 3.69. The number of carbonyl (C=O) groups excluding carboxylic acids is 1. The van der Waals surface area contributed by atoms with Crippen LogP contribution in [0.1, 0.15) is 34.6 Å². The number of esters is 1. The van der Waals surface area contributed by atoms with Crippen LogP contribution in [0.15, 0.2) is 0 Å². The Labute approximate surface area is 80.8 Å². The molecule has 1 atom stereocenters. The summed E-state index contributed by atoms with van der Waals surface area (Å²) in [5.41, 5.74) is 0. The van der Waals surface area contributed by atoms with Crippen molar-refractivity contribution >= 4 is 5.97 Å². The lowest BCUT2D eigenvalue weighted by molar-refractivity contribution is -0.146. The summed E-state index contributed by atoms with van der Waals surface area (Å²) >= 11 is 0. The van der Waals surface area contributed by atoms with Crippen molar-refractivity contribution in [3.63, 3.8) is 0 Å². The summed E-state index contributed by atoms with van der Waals surface area (Å²) in [6, 6.07) is 0.0975. The Kier molecular flexibility index (Phi) is 5.71. The number of rotatable bonds is 5. The second kappa shape index (κ2) is 5.97. The molecule has 0 saturated heterocycles. The molecule has 0 bridgehead atoms. The lowest BCUT2D eigenvalue weighted by Crippen LogP contribution is -2.39. The van der Waals surface area contributed by atoms with Crippen LogP contribution in [0, 0.1) is 5.92 Å². The summed E-state index contributed by atoms with van der Waals surface area (Å²) < 4.78 is 5.06. The molecule has 0 aliphatic carbocycles. The molecule has 0 aliphatic heterocycles. The first kappa shape index (κ1) is 12.4. The van der Waals surface area contributed by atoms with Gasteiger partial charge in [0.25, 0.3) is 0 Å². The second-order valence-corrected chi connectivity index (χ2v) is 4.07. The van der Waals surface area contributed by atoms with Gasteiger partial charge in [-0.1, -0.05) is 27.7 Å². The molecule has 0 fully saturated rings. The number of hydrogen-bond acceptors (Lipinski definition) is 3. The molecule has 0 saturated carbocycles. The highest BCUT2D eigenvalue weighted by Gasteiger charge is 2.14. The Morgan fingerprint density at radius 2 is 1.77 bits per heavy atom. The van der Waals surface area contributed by atoms with Crippen LogP contribution in [0.5, 0.6) is 0 Å².